The van der Waals surface area contributed by atoms with Crippen LogP contribution in [0.5, 0.6) is 11.5 Å². The Morgan fingerprint density at radius 2 is 1.94 bits per heavy atom. The van der Waals surface area contributed by atoms with Gasteiger partial charge in [0.15, 0.2) is 18.5 Å². The minimum Gasteiger partial charge on any atom is -0.495 e. The number of rotatable bonds is 7. The lowest BCUT2D eigenvalue weighted by molar-refractivity contribution is -0.123. The van der Waals surface area contributed by atoms with Crippen LogP contribution in [-0.4, -0.2) is 51.9 Å². The molecule has 5 atom stereocenters. The summed E-state index contributed by atoms with van der Waals surface area (Å²) in [7, 11) is 1.39. The SMILES string of the molecule is CCc1cn([C@@H]2O[C@H](C)[C@@H](O)[C@@H]2F)c(=O)n(NC(=O)C(C)Oc2cc(OC)c(Cl)cc2Cl)c1=O. The molecule has 2 heterocycles. The zero-order valence-electron chi connectivity index (χ0n) is 18.8. The average molecular weight is 520 g/mol. The molecule has 1 aliphatic heterocycles. The van der Waals surface area contributed by atoms with E-state index in [1.807, 2.05) is 0 Å². The predicted octanol–water partition coefficient (Wildman–Crippen LogP) is 2.04. The molecule has 186 valence electrons. The van der Waals surface area contributed by atoms with Crippen LogP contribution < -0.4 is 26.1 Å². The van der Waals surface area contributed by atoms with Gasteiger partial charge in [-0.25, -0.2) is 9.18 Å². The highest BCUT2D eigenvalue weighted by molar-refractivity contribution is 6.36. The Morgan fingerprint density at radius 1 is 1.29 bits per heavy atom. The lowest BCUT2D eigenvalue weighted by Gasteiger charge is -2.20. The molecule has 1 fully saturated rings. The molecule has 1 unspecified atom stereocenters. The van der Waals surface area contributed by atoms with Gasteiger partial charge in [-0.2, -0.15) is 4.68 Å². The molecule has 13 heteroatoms. The molecule has 2 aromatic rings. The Morgan fingerprint density at radius 3 is 2.50 bits per heavy atom. The number of halogens is 3. The smallest absolute Gasteiger partial charge is 0.352 e. The highest BCUT2D eigenvalue weighted by Gasteiger charge is 2.43. The van der Waals surface area contributed by atoms with Crippen LogP contribution in [-0.2, 0) is 16.0 Å². The number of hydrogen-bond donors (Lipinski definition) is 2. The van der Waals surface area contributed by atoms with Crippen LogP contribution in [0.25, 0.3) is 0 Å². The minimum absolute atomic E-state index is 0.0836. The van der Waals surface area contributed by atoms with E-state index in [0.29, 0.717) is 4.68 Å². The highest BCUT2D eigenvalue weighted by atomic mass is 35.5. The lowest BCUT2D eigenvalue weighted by Crippen LogP contribution is -2.51. The number of aromatic nitrogens is 2. The largest absolute Gasteiger partial charge is 0.495 e. The van der Waals surface area contributed by atoms with Gasteiger partial charge >= 0.3 is 5.69 Å². The van der Waals surface area contributed by atoms with E-state index < -0.39 is 47.9 Å². The second-order valence-corrected chi connectivity index (χ2v) is 8.47. The summed E-state index contributed by atoms with van der Waals surface area (Å²) in [5, 5.41) is 10.2. The number of alkyl halides is 1. The molecule has 10 nitrogen and oxygen atoms in total. The molecule has 1 aromatic heterocycles. The molecule has 0 saturated carbocycles. The summed E-state index contributed by atoms with van der Waals surface area (Å²) in [5.74, 6) is -0.515. The van der Waals surface area contributed by atoms with Crippen molar-refractivity contribution >= 4 is 29.1 Å². The number of aliphatic hydroxyl groups is 1. The number of benzene rings is 1. The third-order valence-corrected chi connectivity index (χ3v) is 5.97. The fourth-order valence-electron chi connectivity index (χ4n) is 3.37. The summed E-state index contributed by atoms with van der Waals surface area (Å²) in [6.07, 6.45) is -5.58. The Hall–Kier alpha value is -2.60. The van der Waals surface area contributed by atoms with Crippen molar-refractivity contribution in [2.24, 2.45) is 0 Å². The predicted molar refractivity (Wildman–Crippen MR) is 122 cm³/mol. The van der Waals surface area contributed by atoms with Gasteiger partial charge < -0.3 is 19.3 Å². The maximum atomic E-state index is 14.6. The van der Waals surface area contributed by atoms with Crippen LogP contribution >= 0.6 is 23.2 Å². The summed E-state index contributed by atoms with van der Waals surface area (Å²) in [4.78, 5) is 38.5. The first-order valence-electron chi connectivity index (χ1n) is 10.3. The fraction of sp³-hybridized carbons (Fsp3) is 0.476. The van der Waals surface area contributed by atoms with Crippen LogP contribution in [0.15, 0.2) is 27.9 Å². The van der Waals surface area contributed by atoms with Crippen LogP contribution in [0.3, 0.4) is 0 Å². The monoisotopic (exact) mass is 519 g/mol. The number of nitrogens with zero attached hydrogens (tertiary/aromatic N) is 2. The number of methoxy groups -OCH3 is 1. The zero-order valence-corrected chi connectivity index (χ0v) is 20.3. The van der Waals surface area contributed by atoms with Gasteiger partial charge in [0.2, 0.25) is 0 Å². The van der Waals surface area contributed by atoms with Gasteiger partial charge in [-0.3, -0.25) is 19.6 Å². The van der Waals surface area contributed by atoms with E-state index in [1.165, 1.54) is 33.1 Å². The third-order valence-electron chi connectivity index (χ3n) is 5.37. The van der Waals surface area contributed by atoms with Gasteiger partial charge in [0.25, 0.3) is 11.5 Å². The Kier molecular flexibility index (Phi) is 7.91. The van der Waals surface area contributed by atoms with E-state index >= 15 is 0 Å². The van der Waals surface area contributed by atoms with E-state index in [1.54, 1.807) is 6.92 Å². The third kappa shape index (κ3) is 4.92. The minimum atomic E-state index is -1.91. The topological polar surface area (TPSA) is 121 Å². The van der Waals surface area contributed by atoms with Gasteiger partial charge in [0.05, 0.1) is 23.3 Å². The first-order valence-corrected chi connectivity index (χ1v) is 11.1. The standard InChI is InChI=1S/C21H24Cl2FN3O7/c1-5-11-8-26(20-16(24)17(28)9(2)34-20)21(31)27(19(11)30)25-18(29)10(3)33-15-7-14(32-4)12(22)6-13(15)23/h6-10,16-17,20,28H,5H2,1-4H3,(H,25,29)/t9-,10?,16+,17-,20-/m1/s1. The first kappa shape index (κ1) is 26.0. The fourth-order valence-corrected chi connectivity index (χ4v) is 3.88. The molecular formula is C21H24Cl2FN3O7. The van der Waals surface area contributed by atoms with Gasteiger partial charge in [0, 0.05) is 17.8 Å². The number of amides is 1. The molecule has 1 amide bonds. The molecule has 0 spiro atoms. The van der Waals surface area contributed by atoms with Gasteiger partial charge in [-0.05, 0) is 26.3 Å². The second-order valence-electron chi connectivity index (χ2n) is 7.66. The number of hydrogen-bond acceptors (Lipinski definition) is 7. The Bertz CT molecular complexity index is 1200. The van der Waals surface area contributed by atoms with Crippen LogP contribution in [0.4, 0.5) is 4.39 Å². The average Bonchev–Trinajstić information content (AvgIpc) is 3.05. The number of carbonyl (C=O) groups excluding carboxylic acids is 1. The quantitative estimate of drug-likeness (QED) is 0.573. The lowest BCUT2D eigenvalue weighted by atomic mass is 10.1. The van der Waals surface area contributed by atoms with Crippen molar-refractivity contribution in [1.29, 1.82) is 0 Å². The van der Waals surface area contributed by atoms with Crippen LogP contribution in [0.1, 0.15) is 32.6 Å². The number of carbonyl (C=O) groups is 1. The van der Waals surface area contributed by atoms with Crippen molar-refractivity contribution in [2.75, 3.05) is 12.5 Å². The first-order chi connectivity index (χ1) is 16.0. The van der Waals surface area contributed by atoms with Crippen molar-refractivity contribution in [2.45, 2.75) is 57.9 Å². The molecule has 34 heavy (non-hydrogen) atoms. The molecule has 0 bridgehead atoms. The van der Waals surface area contributed by atoms with Crippen molar-refractivity contribution in [3.8, 4) is 11.5 Å². The summed E-state index contributed by atoms with van der Waals surface area (Å²) in [6, 6.07) is 2.76. The highest BCUT2D eigenvalue weighted by Crippen LogP contribution is 2.36. The van der Waals surface area contributed by atoms with Crippen molar-refractivity contribution in [3.63, 3.8) is 0 Å². The van der Waals surface area contributed by atoms with Crippen molar-refractivity contribution < 1.29 is 28.5 Å². The van der Waals surface area contributed by atoms with Gasteiger partial charge in [-0.15, -0.1) is 0 Å². The summed E-state index contributed by atoms with van der Waals surface area (Å²) in [5.41, 5.74) is 0.468. The van der Waals surface area contributed by atoms with Gasteiger partial charge in [0.1, 0.15) is 17.6 Å². The molecule has 1 saturated heterocycles. The Balaban J connectivity index is 1.91. The van der Waals surface area contributed by atoms with E-state index in [2.05, 4.69) is 5.43 Å². The van der Waals surface area contributed by atoms with Crippen LogP contribution in [0, 0.1) is 0 Å². The van der Waals surface area contributed by atoms with E-state index in [-0.39, 0.29) is 33.5 Å². The summed E-state index contributed by atoms with van der Waals surface area (Å²) < 4.78 is 31.9. The van der Waals surface area contributed by atoms with Gasteiger partial charge in [-0.1, -0.05) is 30.1 Å². The zero-order chi connectivity index (χ0) is 25.3. The van der Waals surface area contributed by atoms with Crippen molar-refractivity contribution in [1.82, 2.24) is 9.24 Å². The molecule has 0 aliphatic carbocycles. The normalized spacial score (nSPS) is 22.9. The molecule has 0 radical (unpaired) electrons. The van der Waals surface area contributed by atoms with E-state index in [9.17, 15) is 23.9 Å². The number of ether oxygens (including phenoxy) is 3. The number of aliphatic hydroxyl groups excluding tert-OH is 1. The summed E-state index contributed by atoms with van der Waals surface area (Å²) >= 11 is 12.1. The van der Waals surface area contributed by atoms with E-state index in [4.69, 9.17) is 37.4 Å². The second kappa shape index (κ2) is 10.3. The molecule has 3 rings (SSSR count). The Labute approximate surface area is 203 Å². The van der Waals surface area contributed by atoms with Crippen molar-refractivity contribution in [3.05, 3.63) is 54.8 Å². The number of aryl methyl sites for hydroxylation is 1. The number of nitrogens with one attached hydrogen (secondary N) is 1. The van der Waals surface area contributed by atoms with Crippen LogP contribution in [0.2, 0.25) is 10.0 Å². The van der Waals surface area contributed by atoms with E-state index in [0.717, 1.165) is 10.8 Å². The molecule has 1 aromatic carbocycles. The maximum Gasteiger partial charge on any atom is 0.352 e. The molecule has 2 N–H and O–H groups in total. The molecule has 1 aliphatic rings. The summed E-state index contributed by atoms with van der Waals surface area (Å²) in [6.45, 7) is 4.48. The molecular weight excluding hydrogens is 496 g/mol. The maximum absolute atomic E-state index is 14.6.